The zero-order valence-electron chi connectivity index (χ0n) is 22.7. The first-order valence-electron chi connectivity index (χ1n) is 12.5. The van der Waals surface area contributed by atoms with Gasteiger partial charge in [0, 0.05) is 22.6 Å². The molecule has 2 bridgehead atoms. The predicted molar refractivity (Wildman–Crippen MR) is 135 cm³/mol. The van der Waals surface area contributed by atoms with Crippen LogP contribution < -0.4 is 28.4 Å². The Labute approximate surface area is 221 Å². The molecule has 38 heavy (non-hydrogen) atoms. The van der Waals surface area contributed by atoms with Gasteiger partial charge in [-0.3, -0.25) is 0 Å². The third kappa shape index (κ3) is 3.72. The average Bonchev–Trinajstić information content (AvgIpc) is 3.35. The van der Waals surface area contributed by atoms with Crippen LogP contribution in [0.2, 0.25) is 0 Å². The Balaban J connectivity index is 1.98. The molecule has 2 aliphatic heterocycles. The van der Waals surface area contributed by atoms with Crippen LogP contribution in [0.15, 0.2) is 12.1 Å². The maximum Gasteiger partial charge on any atom is 0.338 e. The standard InChI is InChI=1S/C28H34O10/c1-13-8-15-9-18-22(37-12-36-18)24-19(15)20-16(10-17(32-5)21(33-6)23(20)34-7)25(27(13,3)30)38-26(29)28(4,31)14(2)11-35-24/h9-10,13-14,25,30-31H,8,11-12H2,1-7H3/t13-,14-,25+,27+,28-/m0/s1. The molecule has 0 saturated carbocycles. The summed E-state index contributed by atoms with van der Waals surface area (Å²) in [6, 6.07) is 3.54. The molecule has 10 nitrogen and oxygen atoms in total. The molecule has 2 N–H and O–H groups in total. The van der Waals surface area contributed by atoms with Crippen LogP contribution in [0.3, 0.4) is 0 Å². The summed E-state index contributed by atoms with van der Waals surface area (Å²) in [4.78, 5) is 13.5. The molecule has 5 atom stereocenters. The number of ether oxygens (including phenoxy) is 7. The summed E-state index contributed by atoms with van der Waals surface area (Å²) in [7, 11) is 4.47. The summed E-state index contributed by atoms with van der Waals surface area (Å²) in [6.45, 7) is 6.54. The Morgan fingerprint density at radius 2 is 1.61 bits per heavy atom. The molecule has 0 fully saturated rings. The van der Waals surface area contributed by atoms with E-state index in [9.17, 15) is 15.0 Å². The van der Waals surface area contributed by atoms with Crippen molar-refractivity contribution in [2.45, 2.75) is 51.4 Å². The maximum atomic E-state index is 13.5. The minimum absolute atomic E-state index is 0.00920. The van der Waals surface area contributed by atoms with Crippen molar-refractivity contribution in [2.24, 2.45) is 11.8 Å². The van der Waals surface area contributed by atoms with E-state index in [1.165, 1.54) is 28.3 Å². The van der Waals surface area contributed by atoms with Crippen molar-refractivity contribution >= 4 is 5.97 Å². The van der Waals surface area contributed by atoms with Crippen LogP contribution in [0.1, 0.15) is 44.9 Å². The fraction of sp³-hybridized carbons (Fsp3) is 0.536. The van der Waals surface area contributed by atoms with E-state index in [2.05, 4.69) is 0 Å². The number of benzene rings is 2. The fourth-order valence-corrected chi connectivity index (χ4v) is 5.37. The zero-order valence-corrected chi connectivity index (χ0v) is 22.7. The van der Waals surface area contributed by atoms with E-state index < -0.39 is 35.1 Å². The highest BCUT2D eigenvalue weighted by Gasteiger charge is 2.50. The van der Waals surface area contributed by atoms with E-state index >= 15 is 0 Å². The van der Waals surface area contributed by atoms with Crippen molar-refractivity contribution < 1.29 is 48.2 Å². The molecule has 0 radical (unpaired) electrons. The van der Waals surface area contributed by atoms with Crippen molar-refractivity contribution in [1.29, 1.82) is 0 Å². The zero-order chi connectivity index (χ0) is 27.6. The number of hydrogen-bond donors (Lipinski definition) is 2. The van der Waals surface area contributed by atoms with E-state index in [4.69, 9.17) is 33.2 Å². The predicted octanol–water partition coefficient (Wildman–Crippen LogP) is 3.42. The molecule has 5 rings (SSSR count). The molecule has 10 heteroatoms. The highest BCUT2D eigenvalue weighted by molar-refractivity contribution is 5.89. The van der Waals surface area contributed by atoms with Gasteiger partial charge < -0.3 is 43.4 Å². The SMILES string of the molecule is COc1cc2c(c(OC)c1OC)-c1c3cc4c(c1OC[C@H](C)[C@](C)(O)C(=O)O[C@H]2[C@](C)(O)[C@@H](C)C3)OCO4. The molecule has 2 aromatic rings. The first-order chi connectivity index (χ1) is 18.0. The number of methoxy groups -OCH3 is 3. The molecule has 0 spiro atoms. The van der Waals surface area contributed by atoms with Gasteiger partial charge in [-0.2, -0.15) is 0 Å². The number of aliphatic hydroxyl groups is 2. The molecule has 2 heterocycles. The van der Waals surface area contributed by atoms with Crippen molar-refractivity contribution in [3.05, 3.63) is 23.3 Å². The lowest BCUT2D eigenvalue weighted by atomic mass is 9.73. The largest absolute Gasteiger partial charge is 0.493 e. The second kappa shape index (κ2) is 9.13. The molecule has 1 aliphatic carbocycles. The molecular formula is C28H34O10. The van der Waals surface area contributed by atoms with Gasteiger partial charge in [0.25, 0.3) is 0 Å². The fourth-order valence-electron chi connectivity index (χ4n) is 5.37. The van der Waals surface area contributed by atoms with Crippen LogP contribution in [0.4, 0.5) is 0 Å². The van der Waals surface area contributed by atoms with Crippen LogP contribution in [0.5, 0.6) is 34.5 Å². The second-order valence-electron chi connectivity index (χ2n) is 10.6. The maximum absolute atomic E-state index is 13.5. The summed E-state index contributed by atoms with van der Waals surface area (Å²) in [5.41, 5.74) is -1.15. The van der Waals surface area contributed by atoms with Crippen molar-refractivity contribution in [3.63, 3.8) is 0 Å². The minimum atomic E-state index is -1.92. The Morgan fingerprint density at radius 1 is 0.895 bits per heavy atom. The molecular weight excluding hydrogens is 496 g/mol. The number of rotatable bonds is 3. The monoisotopic (exact) mass is 530 g/mol. The van der Waals surface area contributed by atoms with Gasteiger partial charge in [0.15, 0.2) is 34.7 Å². The van der Waals surface area contributed by atoms with Crippen LogP contribution in [-0.2, 0) is 16.0 Å². The summed E-state index contributed by atoms with van der Waals surface area (Å²) in [5.74, 6) is 0.241. The van der Waals surface area contributed by atoms with Crippen LogP contribution >= 0.6 is 0 Å². The minimum Gasteiger partial charge on any atom is -0.493 e. The van der Waals surface area contributed by atoms with Gasteiger partial charge in [0.1, 0.15) is 5.60 Å². The Kier molecular flexibility index (Phi) is 6.30. The lowest BCUT2D eigenvalue weighted by Crippen LogP contribution is -2.49. The molecule has 2 aromatic carbocycles. The smallest absolute Gasteiger partial charge is 0.338 e. The second-order valence-corrected chi connectivity index (χ2v) is 10.6. The Morgan fingerprint density at radius 3 is 2.26 bits per heavy atom. The summed E-state index contributed by atoms with van der Waals surface area (Å²) in [6.07, 6.45) is -0.830. The van der Waals surface area contributed by atoms with Crippen molar-refractivity contribution in [1.82, 2.24) is 0 Å². The van der Waals surface area contributed by atoms with E-state index in [0.29, 0.717) is 57.6 Å². The van der Waals surface area contributed by atoms with Crippen LogP contribution in [-0.4, -0.2) is 62.1 Å². The number of hydrogen-bond acceptors (Lipinski definition) is 10. The number of esters is 1. The molecule has 0 amide bonds. The lowest BCUT2D eigenvalue weighted by Gasteiger charge is -2.41. The van der Waals surface area contributed by atoms with E-state index in [0.717, 1.165) is 5.56 Å². The van der Waals surface area contributed by atoms with E-state index in [-0.39, 0.29) is 13.4 Å². The average molecular weight is 531 g/mol. The van der Waals surface area contributed by atoms with Gasteiger partial charge in [-0.15, -0.1) is 0 Å². The molecule has 3 aliphatic rings. The van der Waals surface area contributed by atoms with E-state index in [1.807, 2.05) is 13.0 Å². The van der Waals surface area contributed by atoms with Gasteiger partial charge in [0.05, 0.1) is 27.9 Å². The molecule has 0 unspecified atom stereocenters. The van der Waals surface area contributed by atoms with E-state index in [1.54, 1.807) is 19.9 Å². The normalized spacial score (nSPS) is 29.7. The quantitative estimate of drug-likeness (QED) is 0.571. The molecule has 206 valence electrons. The van der Waals surface area contributed by atoms with Crippen LogP contribution in [0, 0.1) is 11.8 Å². The van der Waals surface area contributed by atoms with Crippen molar-refractivity contribution in [3.8, 4) is 45.6 Å². The van der Waals surface area contributed by atoms with Gasteiger partial charge in [-0.1, -0.05) is 13.8 Å². The number of fused-ring (bicyclic) bond motifs is 2. The molecule has 0 saturated heterocycles. The van der Waals surface area contributed by atoms with Crippen LogP contribution in [0.25, 0.3) is 11.1 Å². The first kappa shape index (κ1) is 26.2. The van der Waals surface area contributed by atoms with Gasteiger partial charge in [0.2, 0.25) is 18.3 Å². The summed E-state index contributed by atoms with van der Waals surface area (Å²) < 4.78 is 41.2. The van der Waals surface area contributed by atoms with Gasteiger partial charge in [-0.05, 0) is 43.9 Å². The highest BCUT2D eigenvalue weighted by Crippen LogP contribution is 2.59. The first-order valence-corrected chi connectivity index (χ1v) is 12.5. The Bertz CT molecular complexity index is 1280. The number of carbonyl (C=O) groups is 1. The topological polar surface area (TPSA) is 122 Å². The third-order valence-corrected chi connectivity index (χ3v) is 8.22. The Hall–Kier alpha value is -3.37. The summed E-state index contributed by atoms with van der Waals surface area (Å²) >= 11 is 0. The third-order valence-electron chi connectivity index (χ3n) is 8.22. The summed E-state index contributed by atoms with van der Waals surface area (Å²) in [5, 5.41) is 23.3. The lowest BCUT2D eigenvalue weighted by molar-refractivity contribution is -0.194. The van der Waals surface area contributed by atoms with Gasteiger partial charge in [-0.25, -0.2) is 4.79 Å². The van der Waals surface area contributed by atoms with Crippen molar-refractivity contribution in [2.75, 3.05) is 34.7 Å². The number of carbonyl (C=O) groups excluding carboxylic acids is 1. The van der Waals surface area contributed by atoms with Gasteiger partial charge >= 0.3 is 5.97 Å². The molecule has 0 aromatic heterocycles. The highest BCUT2D eigenvalue weighted by atomic mass is 16.7.